The van der Waals surface area contributed by atoms with Crippen molar-refractivity contribution in [2.24, 2.45) is 0 Å². The highest BCUT2D eigenvalue weighted by molar-refractivity contribution is 9.10. The van der Waals surface area contributed by atoms with Crippen LogP contribution in [0.5, 0.6) is 11.5 Å². The molecule has 0 radical (unpaired) electrons. The lowest BCUT2D eigenvalue weighted by Crippen LogP contribution is -2.15. The molecule has 1 heterocycles. The lowest BCUT2D eigenvalue weighted by Gasteiger charge is -2.11. The number of para-hydroxylation sites is 1. The van der Waals surface area contributed by atoms with Gasteiger partial charge in [-0.15, -0.1) is 0 Å². The first kappa shape index (κ1) is 12.6. The monoisotopic (exact) mass is 318 g/mol. The Kier molecular flexibility index (Phi) is 3.80. The molecule has 1 fully saturated rings. The molecule has 3 rings (SSSR count). The van der Waals surface area contributed by atoms with Crippen LogP contribution in [-0.4, -0.2) is 11.0 Å². The highest BCUT2D eigenvalue weighted by Gasteiger charge is 2.20. The Bertz CT molecular complexity index is 570. The van der Waals surface area contributed by atoms with Gasteiger partial charge in [-0.1, -0.05) is 18.2 Å². The van der Waals surface area contributed by atoms with Gasteiger partial charge in [0.05, 0.1) is 6.20 Å². The van der Waals surface area contributed by atoms with E-state index in [0.717, 1.165) is 22.5 Å². The Morgan fingerprint density at radius 2 is 2.11 bits per heavy atom. The summed E-state index contributed by atoms with van der Waals surface area (Å²) in [5.74, 6) is 1.63. The van der Waals surface area contributed by atoms with Crippen molar-refractivity contribution in [2.45, 2.75) is 25.4 Å². The molecule has 0 bridgehead atoms. The van der Waals surface area contributed by atoms with Gasteiger partial charge in [-0.3, -0.25) is 4.98 Å². The Morgan fingerprint density at radius 3 is 2.89 bits per heavy atom. The molecular weight excluding hydrogens is 304 g/mol. The molecule has 19 heavy (non-hydrogen) atoms. The Morgan fingerprint density at radius 1 is 1.26 bits per heavy atom. The molecule has 1 aromatic heterocycles. The van der Waals surface area contributed by atoms with Crippen LogP contribution in [0, 0.1) is 0 Å². The summed E-state index contributed by atoms with van der Waals surface area (Å²) in [6, 6.07) is 10.7. The minimum atomic E-state index is 0.695. The number of pyridine rings is 1. The minimum Gasteiger partial charge on any atom is -0.455 e. The van der Waals surface area contributed by atoms with Crippen LogP contribution in [0.4, 0.5) is 0 Å². The maximum absolute atomic E-state index is 5.91. The fourth-order valence-corrected chi connectivity index (χ4v) is 2.21. The average molecular weight is 319 g/mol. The topological polar surface area (TPSA) is 34.1 Å². The second-order valence-corrected chi connectivity index (χ2v) is 5.62. The molecule has 2 aromatic rings. The number of hydrogen-bond acceptors (Lipinski definition) is 3. The molecule has 4 heteroatoms. The Balaban J connectivity index is 1.75. The second kappa shape index (κ2) is 5.72. The predicted molar refractivity (Wildman–Crippen MR) is 78.3 cm³/mol. The lowest BCUT2D eigenvalue weighted by atomic mass is 10.2. The smallest absolute Gasteiger partial charge is 0.146 e. The van der Waals surface area contributed by atoms with Crippen molar-refractivity contribution in [1.29, 1.82) is 0 Å². The summed E-state index contributed by atoms with van der Waals surface area (Å²) in [4.78, 5) is 4.11. The van der Waals surface area contributed by atoms with E-state index in [1.807, 2.05) is 24.3 Å². The van der Waals surface area contributed by atoms with Gasteiger partial charge in [0, 0.05) is 28.8 Å². The summed E-state index contributed by atoms with van der Waals surface area (Å²) in [5, 5.41) is 3.51. The van der Waals surface area contributed by atoms with E-state index < -0.39 is 0 Å². The van der Waals surface area contributed by atoms with E-state index in [9.17, 15) is 0 Å². The molecule has 1 aliphatic rings. The van der Waals surface area contributed by atoms with Gasteiger partial charge in [-0.25, -0.2) is 0 Å². The predicted octanol–water partition coefficient (Wildman–Crippen LogP) is 3.89. The number of rotatable bonds is 5. The second-order valence-electron chi connectivity index (χ2n) is 4.70. The normalized spacial score (nSPS) is 14.4. The number of nitrogens with one attached hydrogen (secondary N) is 1. The molecule has 98 valence electrons. The van der Waals surface area contributed by atoms with Gasteiger partial charge >= 0.3 is 0 Å². The summed E-state index contributed by atoms with van der Waals surface area (Å²) >= 11 is 3.40. The summed E-state index contributed by atoms with van der Waals surface area (Å²) in [6.07, 6.45) is 6.04. The molecule has 0 unspecified atom stereocenters. The first-order chi connectivity index (χ1) is 9.31. The van der Waals surface area contributed by atoms with Crippen molar-refractivity contribution in [2.75, 3.05) is 0 Å². The van der Waals surface area contributed by atoms with E-state index in [-0.39, 0.29) is 0 Å². The average Bonchev–Trinajstić information content (AvgIpc) is 3.22. The van der Waals surface area contributed by atoms with E-state index in [0.29, 0.717) is 6.04 Å². The number of nitrogens with zero attached hydrogens (tertiary/aromatic N) is 1. The van der Waals surface area contributed by atoms with Crippen LogP contribution in [0.25, 0.3) is 0 Å². The van der Waals surface area contributed by atoms with E-state index in [4.69, 9.17) is 4.74 Å². The highest BCUT2D eigenvalue weighted by Crippen LogP contribution is 2.27. The molecule has 1 aromatic carbocycles. The van der Waals surface area contributed by atoms with E-state index in [1.54, 1.807) is 12.4 Å². The largest absolute Gasteiger partial charge is 0.455 e. The molecule has 0 amide bonds. The zero-order valence-corrected chi connectivity index (χ0v) is 12.1. The highest BCUT2D eigenvalue weighted by atomic mass is 79.9. The standard InChI is InChI=1S/C15H15BrN2O/c16-12-7-14(10-17-9-12)19-15-4-2-1-3-11(15)8-18-13-5-6-13/h1-4,7,9-10,13,18H,5-6,8H2. The van der Waals surface area contributed by atoms with Gasteiger partial charge in [-0.2, -0.15) is 0 Å². The number of benzene rings is 1. The van der Waals surface area contributed by atoms with Crippen molar-refractivity contribution in [3.8, 4) is 11.5 Å². The quantitative estimate of drug-likeness (QED) is 0.908. The van der Waals surface area contributed by atoms with Crippen molar-refractivity contribution in [3.05, 3.63) is 52.8 Å². The van der Waals surface area contributed by atoms with Crippen LogP contribution in [0.2, 0.25) is 0 Å². The zero-order chi connectivity index (χ0) is 13.1. The van der Waals surface area contributed by atoms with Crippen molar-refractivity contribution < 1.29 is 4.74 Å². The first-order valence-electron chi connectivity index (χ1n) is 6.41. The molecule has 0 saturated heterocycles. The SMILES string of the molecule is Brc1cncc(Oc2ccccc2CNC2CC2)c1. The van der Waals surface area contributed by atoms with E-state index in [2.05, 4.69) is 32.3 Å². The number of ether oxygens (including phenoxy) is 1. The minimum absolute atomic E-state index is 0.695. The Hall–Kier alpha value is -1.39. The molecular formula is C15H15BrN2O. The lowest BCUT2D eigenvalue weighted by molar-refractivity contribution is 0.470. The van der Waals surface area contributed by atoms with Crippen LogP contribution in [0.3, 0.4) is 0 Å². The molecule has 1 aliphatic carbocycles. The third-order valence-corrected chi connectivity index (χ3v) is 3.47. The third-order valence-electron chi connectivity index (χ3n) is 3.04. The number of aromatic nitrogens is 1. The van der Waals surface area contributed by atoms with Gasteiger partial charge in [0.1, 0.15) is 11.5 Å². The van der Waals surface area contributed by atoms with Crippen molar-refractivity contribution in [3.63, 3.8) is 0 Å². The van der Waals surface area contributed by atoms with Crippen molar-refractivity contribution in [1.82, 2.24) is 10.3 Å². The zero-order valence-electron chi connectivity index (χ0n) is 10.5. The molecule has 1 saturated carbocycles. The van der Waals surface area contributed by atoms with Crippen LogP contribution in [0.15, 0.2) is 47.2 Å². The fraction of sp³-hybridized carbons (Fsp3) is 0.267. The van der Waals surface area contributed by atoms with Gasteiger partial charge < -0.3 is 10.1 Å². The molecule has 3 nitrogen and oxygen atoms in total. The van der Waals surface area contributed by atoms with Crippen LogP contribution in [0.1, 0.15) is 18.4 Å². The number of hydrogen-bond donors (Lipinski definition) is 1. The van der Waals surface area contributed by atoms with Crippen molar-refractivity contribution >= 4 is 15.9 Å². The fourth-order valence-electron chi connectivity index (χ4n) is 1.87. The Labute approximate surface area is 121 Å². The summed E-state index contributed by atoms with van der Waals surface area (Å²) < 4.78 is 6.83. The van der Waals surface area contributed by atoms with Crippen LogP contribution < -0.4 is 10.1 Å². The summed E-state index contributed by atoms with van der Waals surface area (Å²) in [7, 11) is 0. The van der Waals surface area contributed by atoms with Gasteiger partial charge in [-0.05, 0) is 40.9 Å². The van der Waals surface area contributed by atoms with E-state index >= 15 is 0 Å². The molecule has 1 N–H and O–H groups in total. The third kappa shape index (κ3) is 3.55. The van der Waals surface area contributed by atoms with Gasteiger partial charge in [0.15, 0.2) is 0 Å². The molecule has 0 atom stereocenters. The molecule has 0 aliphatic heterocycles. The number of halogens is 1. The van der Waals surface area contributed by atoms with E-state index in [1.165, 1.54) is 18.4 Å². The summed E-state index contributed by atoms with van der Waals surface area (Å²) in [6.45, 7) is 0.849. The molecule has 0 spiro atoms. The van der Waals surface area contributed by atoms with Crippen LogP contribution in [-0.2, 0) is 6.54 Å². The summed E-state index contributed by atoms with van der Waals surface area (Å²) in [5.41, 5.74) is 1.18. The maximum atomic E-state index is 5.91. The maximum Gasteiger partial charge on any atom is 0.146 e. The van der Waals surface area contributed by atoms with Gasteiger partial charge in [0.25, 0.3) is 0 Å². The van der Waals surface area contributed by atoms with Crippen LogP contribution >= 0.6 is 15.9 Å². The first-order valence-corrected chi connectivity index (χ1v) is 7.20. The van der Waals surface area contributed by atoms with Gasteiger partial charge in [0.2, 0.25) is 0 Å².